The third-order valence-corrected chi connectivity index (χ3v) is 5.04. The molecule has 3 aromatic carbocycles. The van der Waals surface area contributed by atoms with E-state index in [1.165, 1.54) is 0 Å². The number of aryl methyl sites for hydroxylation is 1. The summed E-state index contributed by atoms with van der Waals surface area (Å²) in [5.41, 5.74) is 3.60. The summed E-state index contributed by atoms with van der Waals surface area (Å²) in [6, 6.07) is 20.2. The lowest BCUT2D eigenvalue weighted by atomic mass is 10.1. The molecule has 172 valence electrons. The number of para-hydroxylation sites is 1. The van der Waals surface area contributed by atoms with Crippen LogP contribution in [0.1, 0.15) is 21.5 Å². The number of likely N-dealkylation sites (N-methyl/N-ethyl adjacent to an activating group) is 1. The van der Waals surface area contributed by atoms with E-state index in [2.05, 4.69) is 10.6 Å². The van der Waals surface area contributed by atoms with Crippen LogP contribution in [0.5, 0.6) is 11.5 Å². The van der Waals surface area contributed by atoms with E-state index in [0.29, 0.717) is 35.0 Å². The first-order valence-corrected chi connectivity index (χ1v) is 10.6. The molecule has 0 saturated carbocycles. The first kappa shape index (κ1) is 23.8. The van der Waals surface area contributed by atoms with Gasteiger partial charge in [0.2, 0.25) is 5.91 Å². The average molecular weight is 448 g/mol. The summed E-state index contributed by atoms with van der Waals surface area (Å²) in [5, 5.41) is 5.74. The number of rotatable bonds is 9. The van der Waals surface area contributed by atoms with Crippen molar-refractivity contribution in [2.45, 2.75) is 13.5 Å². The summed E-state index contributed by atoms with van der Waals surface area (Å²) in [5.74, 6) is 0.799. The number of carbonyl (C=O) groups is 2. The van der Waals surface area contributed by atoms with E-state index in [1.807, 2.05) is 61.3 Å². The van der Waals surface area contributed by atoms with E-state index in [1.54, 1.807) is 38.5 Å². The first-order valence-electron chi connectivity index (χ1n) is 10.6. The topological polar surface area (TPSA) is 79.9 Å². The normalized spacial score (nSPS) is 10.6. The molecule has 0 saturated heterocycles. The van der Waals surface area contributed by atoms with E-state index >= 15 is 0 Å². The Kier molecular flexibility index (Phi) is 8.05. The van der Waals surface area contributed by atoms with Gasteiger partial charge in [0.05, 0.1) is 32.0 Å². The molecule has 7 nitrogen and oxygen atoms in total. The van der Waals surface area contributed by atoms with E-state index in [4.69, 9.17) is 9.47 Å². The number of hydrogen-bond donors (Lipinski definition) is 2. The number of ether oxygens (including phenoxy) is 2. The highest BCUT2D eigenvalue weighted by Gasteiger charge is 2.15. The Hall–Kier alpha value is -3.84. The zero-order chi connectivity index (χ0) is 23.8. The molecule has 2 amide bonds. The average Bonchev–Trinajstić information content (AvgIpc) is 2.79. The number of anilines is 2. The molecule has 0 unspecified atom stereocenters. The van der Waals surface area contributed by atoms with Crippen molar-refractivity contribution < 1.29 is 19.1 Å². The molecule has 0 atom stereocenters. The Labute approximate surface area is 194 Å². The maximum absolute atomic E-state index is 12.8. The van der Waals surface area contributed by atoms with Crippen LogP contribution in [0.2, 0.25) is 0 Å². The van der Waals surface area contributed by atoms with Gasteiger partial charge in [0, 0.05) is 12.2 Å². The van der Waals surface area contributed by atoms with E-state index < -0.39 is 0 Å². The second kappa shape index (κ2) is 11.2. The van der Waals surface area contributed by atoms with Gasteiger partial charge >= 0.3 is 0 Å². The van der Waals surface area contributed by atoms with Gasteiger partial charge in [0.25, 0.3) is 5.91 Å². The van der Waals surface area contributed by atoms with Crippen molar-refractivity contribution >= 4 is 23.2 Å². The van der Waals surface area contributed by atoms with Crippen LogP contribution in [0.3, 0.4) is 0 Å². The van der Waals surface area contributed by atoms with Crippen LogP contribution in [0, 0.1) is 6.92 Å². The predicted octanol–water partition coefficient (Wildman–Crippen LogP) is 4.34. The lowest BCUT2D eigenvalue weighted by Gasteiger charge is -2.18. The molecule has 0 spiro atoms. The maximum Gasteiger partial charge on any atom is 0.257 e. The highest BCUT2D eigenvalue weighted by atomic mass is 16.5. The number of hydrogen-bond acceptors (Lipinski definition) is 5. The highest BCUT2D eigenvalue weighted by Crippen LogP contribution is 2.28. The molecule has 7 heteroatoms. The Balaban J connectivity index is 1.63. The van der Waals surface area contributed by atoms with Gasteiger partial charge in [-0.2, -0.15) is 0 Å². The standard InChI is InChI=1S/C26H29N3O4/c1-18-8-7-9-20(14-18)27-26(31)21-10-5-6-11-22(21)28-25(30)17-29(2)16-19-12-13-23(32-3)24(15-19)33-4/h5-15H,16-17H2,1-4H3,(H,27,31)(H,28,30). The van der Waals surface area contributed by atoms with Crippen LogP contribution in [-0.2, 0) is 11.3 Å². The Morgan fingerprint density at radius 2 is 1.64 bits per heavy atom. The number of methoxy groups -OCH3 is 2. The molecule has 33 heavy (non-hydrogen) atoms. The Morgan fingerprint density at radius 1 is 0.879 bits per heavy atom. The van der Waals surface area contributed by atoms with E-state index in [0.717, 1.165) is 11.1 Å². The fourth-order valence-electron chi connectivity index (χ4n) is 3.49. The van der Waals surface area contributed by atoms with E-state index in [-0.39, 0.29) is 18.4 Å². The van der Waals surface area contributed by atoms with Gasteiger partial charge in [-0.05, 0) is 61.5 Å². The van der Waals surface area contributed by atoms with Crippen molar-refractivity contribution in [3.63, 3.8) is 0 Å². The van der Waals surface area contributed by atoms with Crippen LogP contribution in [-0.4, -0.2) is 44.5 Å². The third-order valence-electron chi connectivity index (χ3n) is 5.04. The van der Waals surface area contributed by atoms with Crippen molar-refractivity contribution in [1.29, 1.82) is 0 Å². The molecule has 0 bridgehead atoms. The van der Waals surface area contributed by atoms with Gasteiger partial charge in [0.1, 0.15) is 0 Å². The van der Waals surface area contributed by atoms with Crippen molar-refractivity contribution in [3.8, 4) is 11.5 Å². The van der Waals surface area contributed by atoms with Crippen LogP contribution < -0.4 is 20.1 Å². The molecular weight excluding hydrogens is 418 g/mol. The Bertz CT molecular complexity index is 1130. The van der Waals surface area contributed by atoms with Gasteiger partial charge in [-0.25, -0.2) is 0 Å². The van der Waals surface area contributed by atoms with Gasteiger partial charge in [-0.1, -0.05) is 30.3 Å². The molecule has 3 rings (SSSR count). The molecule has 0 aliphatic carbocycles. The summed E-state index contributed by atoms with van der Waals surface area (Å²) in [4.78, 5) is 27.4. The minimum atomic E-state index is -0.282. The second-order valence-corrected chi connectivity index (χ2v) is 7.78. The lowest BCUT2D eigenvalue weighted by molar-refractivity contribution is -0.117. The molecule has 0 aliphatic heterocycles. The monoisotopic (exact) mass is 447 g/mol. The minimum absolute atomic E-state index is 0.155. The molecule has 2 N–H and O–H groups in total. The summed E-state index contributed by atoms with van der Waals surface area (Å²) in [6.07, 6.45) is 0. The van der Waals surface area contributed by atoms with Crippen LogP contribution in [0.15, 0.2) is 66.7 Å². The lowest BCUT2D eigenvalue weighted by Crippen LogP contribution is -2.30. The van der Waals surface area contributed by atoms with Gasteiger partial charge in [-0.3, -0.25) is 14.5 Å². The second-order valence-electron chi connectivity index (χ2n) is 7.78. The summed E-state index contributed by atoms with van der Waals surface area (Å²) < 4.78 is 10.6. The Morgan fingerprint density at radius 3 is 2.36 bits per heavy atom. The smallest absolute Gasteiger partial charge is 0.257 e. The van der Waals surface area contributed by atoms with E-state index in [9.17, 15) is 9.59 Å². The first-order chi connectivity index (χ1) is 15.9. The fourth-order valence-corrected chi connectivity index (χ4v) is 3.49. The van der Waals surface area contributed by atoms with Crippen molar-refractivity contribution in [3.05, 3.63) is 83.4 Å². The van der Waals surface area contributed by atoms with Crippen molar-refractivity contribution in [2.75, 3.05) is 38.4 Å². The van der Waals surface area contributed by atoms with Crippen LogP contribution in [0.25, 0.3) is 0 Å². The van der Waals surface area contributed by atoms with Gasteiger partial charge in [-0.15, -0.1) is 0 Å². The fraction of sp³-hybridized carbons (Fsp3) is 0.231. The summed E-state index contributed by atoms with van der Waals surface area (Å²) in [6.45, 7) is 2.66. The van der Waals surface area contributed by atoms with Crippen LogP contribution >= 0.6 is 0 Å². The molecule has 0 radical (unpaired) electrons. The van der Waals surface area contributed by atoms with Crippen molar-refractivity contribution in [1.82, 2.24) is 4.90 Å². The number of carbonyl (C=O) groups excluding carboxylic acids is 2. The SMILES string of the molecule is COc1ccc(CN(C)CC(=O)Nc2ccccc2C(=O)Nc2cccc(C)c2)cc1OC. The maximum atomic E-state index is 12.8. The number of nitrogens with zero attached hydrogens (tertiary/aromatic N) is 1. The van der Waals surface area contributed by atoms with Gasteiger partial charge < -0.3 is 20.1 Å². The number of benzene rings is 3. The third kappa shape index (κ3) is 6.57. The number of nitrogens with one attached hydrogen (secondary N) is 2. The molecule has 0 fully saturated rings. The van der Waals surface area contributed by atoms with Gasteiger partial charge in [0.15, 0.2) is 11.5 Å². The summed E-state index contributed by atoms with van der Waals surface area (Å²) in [7, 11) is 5.03. The predicted molar refractivity (Wildman–Crippen MR) is 130 cm³/mol. The summed E-state index contributed by atoms with van der Waals surface area (Å²) >= 11 is 0. The minimum Gasteiger partial charge on any atom is -0.493 e. The quantitative estimate of drug-likeness (QED) is 0.510. The number of amides is 2. The van der Waals surface area contributed by atoms with Crippen molar-refractivity contribution in [2.24, 2.45) is 0 Å². The molecule has 0 aliphatic rings. The zero-order valence-corrected chi connectivity index (χ0v) is 19.3. The highest BCUT2D eigenvalue weighted by molar-refractivity contribution is 6.10. The molecule has 0 heterocycles. The van der Waals surface area contributed by atoms with Crippen LogP contribution in [0.4, 0.5) is 11.4 Å². The zero-order valence-electron chi connectivity index (χ0n) is 19.3. The largest absolute Gasteiger partial charge is 0.493 e. The molecule has 0 aromatic heterocycles. The molecular formula is C26H29N3O4. The molecule has 3 aromatic rings.